The summed E-state index contributed by atoms with van der Waals surface area (Å²) in [6.07, 6.45) is 11.9. The van der Waals surface area contributed by atoms with Crippen LogP contribution in [0.25, 0.3) is 0 Å². The second kappa shape index (κ2) is 9.12. The molecule has 1 aliphatic rings. The van der Waals surface area contributed by atoms with E-state index >= 15 is 0 Å². The van der Waals surface area contributed by atoms with Crippen LogP contribution in [0.4, 0.5) is 0 Å². The van der Waals surface area contributed by atoms with Gasteiger partial charge in [-0.2, -0.15) is 0 Å². The van der Waals surface area contributed by atoms with Crippen LogP contribution in [-0.4, -0.2) is 4.98 Å². The first-order chi connectivity index (χ1) is 9.19. The maximum Gasteiger partial charge on any atom is 0.0372 e. The van der Waals surface area contributed by atoms with E-state index in [1.165, 1.54) is 44.1 Å². The van der Waals surface area contributed by atoms with Crippen LogP contribution in [0.1, 0.15) is 70.6 Å². The lowest BCUT2D eigenvalue weighted by atomic mass is 9.79. The number of aromatic nitrogens is 1. The van der Waals surface area contributed by atoms with Crippen LogP contribution in [0.5, 0.6) is 0 Å². The van der Waals surface area contributed by atoms with E-state index in [0.717, 1.165) is 24.0 Å². The molecule has 0 radical (unpaired) electrons. The molecule has 0 bridgehead atoms. The van der Waals surface area contributed by atoms with E-state index in [0.29, 0.717) is 0 Å². The fourth-order valence-corrected chi connectivity index (χ4v) is 2.85. The van der Waals surface area contributed by atoms with E-state index in [9.17, 15) is 0 Å². The van der Waals surface area contributed by atoms with Crippen LogP contribution >= 0.6 is 0 Å². The predicted octanol–water partition coefficient (Wildman–Crippen LogP) is 5.57. The van der Waals surface area contributed by atoms with Gasteiger partial charge in [0, 0.05) is 11.9 Å². The van der Waals surface area contributed by atoms with Gasteiger partial charge in [-0.1, -0.05) is 58.9 Å². The smallest absolute Gasteiger partial charge is 0.0372 e. The molecule has 2 atom stereocenters. The molecule has 2 rings (SSSR count). The minimum absolute atomic E-state index is 1.07. The first-order valence-electron chi connectivity index (χ1n) is 8.11. The third kappa shape index (κ3) is 6.22. The summed E-state index contributed by atoms with van der Waals surface area (Å²) < 4.78 is 0. The Morgan fingerprint density at radius 3 is 2.11 bits per heavy atom. The lowest BCUT2D eigenvalue weighted by Crippen LogP contribution is -2.13. The highest BCUT2D eigenvalue weighted by atomic mass is 14.6. The minimum atomic E-state index is 1.07. The van der Waals surface area contributed by atoms with Crippen molar-refractivity contribution in [3.8, 4) is 0 Å². The average molecular weight is 261 g/mol. The Morgan fingerprint density at radius 1 is 1.05 bits per heavy atom. The van der Waals surface area contributed by atoms with Gasteiger partial charge in [0.15, 0.2) is 0 Å². The third-order valence-corrected chi connectivity index (χ3v) is 4.43. The number of aryl methyl sites for hydroxylation is 2. The van der Waals surface area contributed by atoms with Crippen LogP contribution in [-0.2, 0) is 6.42 Å². The summed E-state index contributed by atoms with van der Waals surface area (Å²) in [6, 6.07) is 4.15. The summed E-state index contributed by atoms with van der Waals surface area (Å²) in [6.45, 7) is 8.80. The highest BCUT2D eigenvalue weighted by Crippen LogP contribution is 2.32. The molecule has 0 N–H and O–H groups in total. The molecular weight excluding hydrogens is 230 g/mol. The molecule has 0 saturated heterocycles. The first-order valence-corrected chi connectivity index (χ1v) is 8.11. The Kier molecular flexibility index (Phi) is 7.78. The van der Waals surface area contributed by atoms with Crippen LogP contribution < -0.4 is 0 Å². The Bertz CT molecular complexity index is 318. The molecule has 0 aliphatic heterocycles. The van der Waals surface area contributed by atoms with Gasteiger partial charge in [-0.15, -0.1) is 0 Å². The van der Waals surface area contributed by atoms with E-state index in [1.807, 2.05) is 19.2 Å². The predicted molar refractivity (Wildman–Crippen MR) is 84.4 cm³/mol. The summed E-state index contributed by atoms with van der Waals surface area (Å²) in [4.78, 5) is 4.15. The van der Waals surface area contributed by atoms with Crippen molar-refractivity contribution >= 4 is 0 Å². The van der Waals surface area contributed by atoms with Crippen molar-refractivity contribution in [3.05, 3.63) is 29.6 Å². The topological polar surface area (TPSA) is 12.9 Å². The molecule has 1 saturated carbocycles. The van der Waals surface area contributed by atoms with Crippen LogP contribution in [0.15, 0.2) is 18.3 Å². The van der Waals surface area contributed by atoms with Gasteiger partial charge < -0.3 is 0 Å². The lowest BCUT2D eigenvalue weighted by Gasteiger charge is -2.27. The van der Waals surface area contributed by atoms with E-state index in [-0.39, 0.29) is 0 Å². The van der Waals surface area contributed by atoms with Crippen molar-refractivity contribution in [2.24, 2.45) is 11.8 Å². The average Bonchev–Trinajstić information content (AvgIpc) is 2.48. The Hall–Kier alpha value is -0.850. The SMILES string of the molecule is CC[C@@H]1CCC[C@H](CC)C1.CCc1ccc(C)nc1. The molecule has 0 aromatic carbocycles. The van der Waals surface area contributed by atoms with E-state index in [1.54, 1.807) is 0 Å². The van der Waals surface area contributed by atoms with Gasteiger partial charge in [0.1, 0.15) is 0 Å². The zero-order chi connectivity index (χ0) is 14.1. The number of hydrogen-bond acceptors (Lipinski definition) is 1. The fourth-order valence-electron chi connectivity index (χ4n) is 2.85. The second-order valence-corrected chi connectivity index (χ2v) is 5.88. The molecule has 1 aliphatic carbocycles. The van der Waals surface area contributed by atoms with Gasteiger partial charge >= 0.3 is 0 Å². The zero-order valence-corrected chi connectivity index (χ0v) is 13.3. The van der Waals surface area contributed by atoms with E-state index in [4.69, 9.17) is 0 Å². The highest BCUT2D eigenvalue weighted by Gasteiger charge is 2.18. The van der Waals surface area contributed by atoms with Crippen molar-refractivity contribution in [3.63, 3.8) is 0 Å². The maximum absolute atomic E-state index is 4.15. The molecule has 0 amide bonds. The van der Waals surface area contributed by atoms with Gasteiger partial charge in [0.25, 0.3) is 0 Å². The number of hydrogen-bond donors (Lipinski definition) is 0. The monoisotopic (exact) mass is 261 g/mol. The van der Waals surface area contributed by atoms with Crippen molar-refractivity contribution in [2.45, 2.75) is 72.6 Å². The standard InChI is InChI=1S/C10H20.C8H11N/c1-3-9-6-5-7-10(4-2)8-9;1-3-8-5-4-7(2)9-6-8/h9-10H,3-8H2,1-2H3;4-6H,3H2,1-2H3/t9-,10+;. The molecule has 108 valence electrons. The van der Waals surface area contributed by atoms with Gasteiger partial charge in [0.2, 0.25) is 0 Å². The number of rotatable bonds is 3. The molecule has 0 unspecified atom stereocenters. The van der Waals surface area contributed by atoms with Crippen LogP contribution in [0.3, 0.4) is 0 Å². The van der Waals surface area contributed by atoms with Crippen molar-refractivity contribution in [2.75, 3.05) is 0 Å². The highest BCUT2D eigenvalue weighted by molar-refractivity contribution is 5.12. The fraction of sp³-hybridized carbons (Fsp3) is 0.722. The van der Waals surface area contributed by atoms with Crippen LogP contribution in [0, 0.1) is 18.8 Å². The number of nitrogens with zero attached hydrogens (tertiary/aromatic N) is 1. The van der Waals surface area contributed by atoms with Crippen molar-refractivity contribution in [1.82, 2.24) is 4.98 Å². The first kappa shape index (κ1) is 16.2. The van der Waals surface area contributed by atoms with Gasteiger partial charge in [-0.3, -0.25) is 4.98 Å². The molecule has 19 heavy (non-hydrogen) atoms. The molecule has 1 aromatic rings. The zero-order valence-electron chi connectivity index (χ0n) is 13.3. The summed E-state index contributed by atoms with van der Waals surface area (Å²) in [5, 5.41) is 0. The Labute approximate surface area is 119 Å². The molecule has 1 heteroatoms. The quantitative estimate of drug-likeness (QED) is 0.693. The summed E-state index contributed by atoms with van der Waals surface area (Å²) >= 11 is 0. The van der Waals surface area contributed by atoms with Gasteiger partial charge in [-0.25, -0.2) is 0 Å². The largest absolute Gasteiger partial charge is 0.261 e. The molecule has 1 fully saturated rings. The maximum atomic E-state index is 4.15. The summed E-state index contributed by atoms with van der Waals surface area (Å²) in [5.74, 6) is 2.14. The van der Waals surface area contributed by atoms with E-state index in [2.05, 4.69) is 31.8 Å². The molecule has 0 spiro atoms. The Morgan fingerprint density at radius 2 is 1.68 bits per heavy atom. The Balaban J connectivity index is 0.000000191. The second-order valence-electron chi connectivity index (χ2n) is 5.88. The number of pyridine rings is 1. The van der Waals surface area contributed by atoms with Crippen LogP contribution in [0.2, 0.25) is 0 Å². The molecular formula is C18H31N. The minimum Gasteiger partial charge on any atom is -0.261 e. The summed E-state index contributed by atoms with van der Waals surface area (Å²) in [7, 11) is 0. The third-order valence-electron chi connectivity index (χ3n) is 4.43. The van der Waals surface area contributed by atoms with Crippen molar-refractivity contribution in [1.29, 1.82) is 0 Å². The summed E-state index contributed by atoms with van der Waals surface area (Å²) in [5.41, 5.74) is 2.40. The van der Waals surface area contributed by atoms with Gasteiger partial charge in [-0.05, 0) is 43.2 Å². The van der Waals surface area contributed by atoms with E-state index < -0.39 is 0 Å². The molecule has 1 aromatic heterocycles. The molecule has 1 nitrogen and oxygen atoms in total. The van der Waals surface area contributed by atoms with Crippen molar-refractivity contribution < 1.29 is 0 Å². The van der Waals surface area contributed by atoms with Gasteiger partial charge in [0.05, 0.1) is 0 Å². The lowest BCUT2D eigenvalue weighted by molar-refractivity contribution is 0.255. The normalized spacial score (nSPS) is 22.5. The molecule has 1 heterocycles.